The van der Waals surface area contributed by atoms with E-state index >= 15 is 0 Å². The number of rotatable bonds is 7. The zero-order chi connectivity index (χ0) is 22.8. The van der Waals surface area contributed by atoms with Gasteiger partial charge in [-0.05, 0) is 57.5 Å². The van der Waals surface area contributed by atoms with Gasteiger partial charge in [0, 0.05) is 44.8 Å². The first kappa shape index (κ1) is 24.2. The van der Waals surface area contributed by atoms with Crippen molar-refractivity contribution in [3.63, 3.8) is 0 Å². The third kappa shape index (κ3) is 5.68. The second-order valence-corrected chi connectivity index (χ2v) is 11.6. The molecule has 1 aromatic heterocycles. The summed E-state index contributed by atoms with van der Waals surface area (Å²) in [4.78, 5) is 19.5. The van der Waals surface area contributed by atoms with Crippen LogP contribution in [0.4, 0.5) is 0 Å². The Morgan fingerprint density at radius 1 is 1.16 bits per heavy atom. The molecule has 9 heteroatoms. The van der Waals surface area contributed by atoms with E-state index in [9.17, 15) is 13.2 Å². The molecule has 0 bridgehead atoms. The maximum atomic E-state index is 12.9. The van der Waals surface area contributed by atoms with Crippen LogP contribution in [0.1, 0.15) is 52.3 Å². The standard InChI is InChI=1S/C22H39N5O3S/c1-16(2)20(26-10-6-17(3)7-11-26)14-23-22(28)19-8-12-27(13-9-19)31(29,30)21-15-25(5)18(4)24-21/h15-17,19-20H,6-14H2,1-5H3,(H,23,28). The Kier molecular flexibility index (Phi) is 7.81. The molecule has 3 heterocycles. The number of aromatic nitrogens is 2. The lowest BCUT2D eigenvalue weighted by Crippen LogP contribution is -2.51. The van der Waals surface area contributed by atoms with E-state index in [-0.39, 0.29) is 16.9 Å². The second-order valence-electron chi connectivity index (χ2n) is 9.69. The van der Waals surface area contributed by atoms with E-state index in [1.54, 1.807) is 24.7 Å². The van der Waals surface area contributed by atoms with E-state index in [0.29, 0.717) is 50.3 Å². The van der Waals surface area contributed by atoms with Gasteiger partial charge < -0.3 is 9.88 Å². The average molecular weight is 454 g/mol. The number of sulfonamides is 1. The summed E-state index contributed by atoms with van der Waals surface area (Å²) in [6.45, 7) is 12.1. The van der Waals surface area contributed by atoms with Crippen LogP contribution in [0.2, 0.25) is 0 Å². The molecule has 1 N–H and O–H groups in total. The minimum atomic E-state index is -3.61. The molecule has 0 spiro atoms. The summed E-state index contributed by atoms with van der Waals surface area (Å²) in [5.74, 6) is 1.85. The summed E-state index contributed by atoms with van der Waals surface area (Å²) in [6.07, 6.45) is 5.09. The number of hydrogen-bond acceptors (Lipinski definition) is 5. The molecular weight excluding hydrogens is 414 g/mol. The number of carbonyl (C=O) groups is 1. The van der Waals surface area contributed by atoms with Crippen molar-refractivity contribution >= 4 is 15.9 Å². The van der Waals surface area contributed by atoms with Gasteiger partial charge in [0.25, 0.3) is 10.0 Å². The fourth-order valence-electron chi connectivity index (χ4n) is 4.64. The zero-order valence-electron chi connectivity index (χ0n) is 19.7. The lowest BCUT2D eigenvalue weighted by atomic mass is 9.93. The molecule has 0 aliphatic carbocycles. The Morgan fingerprint density at radius 3 is 2.29 bits per heavy atom. The highest BCUT2D eigenvalue weighted by Gasteiger charge is 2.34. The van der Waals surface area contributed by atoms with E-state index in [0.717, 1.165) is 19.0 Å². The van der Waals surface area contributed by atoms with E-state index in [1.165, 1.54) is 17.1 Å². The number of nitrogens with zero attached hydrogens (tertiary/aromatic N) is 4. The van der Waals surface area contributed by atoms with Crippen LogP contribution >= 0.6 is 0 Å². The molecule has 1 unspecified atom stereocenters. The molecule has 0 radical (unpaired) electrons. The molecule has 2 saturated heterocycles. The lowest BCUT2D eigenvalue weighted by Gasteiger charge is -2.39. The number of amides is 1. The summed E-state index contributed by atoms with van der Waals surface area (Å²) >= 11 is 0. The number of piperidine rings is 2. The maximum Gasteiger partial charge on any atom is 0.262 e. The van der Waals surface area contributed by atoms with Crippen LogP contribution in [0.3, 0.4) is 0 Å². The van der Waals surface area contributed by atoms with Crippen molar-refractivity contribution in [1.82, 2.24) is 24.1 Å². The average Bonchev–Trinajstić information content (AvgIpc) is 3.08. The SMILES string of the molecule is Cc1nc(S(=O)(=O)N2CCC(C(=O)NCC(C(C)C)N3CCC(C)CC3)CC2)cn1C. The molecule has 1 aromatic rings. The van der Waals surface area contributed by atoms with Crippen molar-refractivity contribution in [3.05, 3.63) is 12.0 Å². The highest BCUT2D eigenvalue weighted by Crippen LogP contribution is 2.24. The monoisotopic (exact) mass is 453 g/mol. The summed E-state index contributed by atoms with van der Waals surface area (Å²) in [6, 6.07) is 0.351. The molecule has 0 saturated carbocycles. The first-order valence-corrected chi connectivity index (χ1v) is 13.1. The quantitative estimate of drug-likeness (QED) is 0.682. The Bertz CT molecular complexity index is 831. The Labute approximate surface area is 187 Å². The Hall–Kier alpha value is -1.45. The van der Waals surface area contributed by atoms with Crippen LogP contribution in [-0.2, 0) is 21.9 Å². The van der Waals surface area contributed by atoms with Gasteiger partial charge in [-0.15, -0.1) is 0 Å². The number of carbonyl (C=O) groups excluding carboxylic acids is 1. The third-order valence-electron chi connectivity index (χ3n) is 7.06. The summed E-state index contributed by atoms with van der Waals surface area (Å²) in [7, 11) is -1.82. The molecular formula is C22H39N5O3S. The van der Waals surface area contributed by atoms with Crippen molar-refractivity contribution in [2.24, 2.45) is 24.8 Å². The number of nitrogens with one attached hydrogen (secondary N) is 1. The fourth-order valence-corrected chi connectivity index (χ4v) is 6.13. The van der Waals surface area contributed by atoms with Gasteiger partial charge >= 0.3 is 0 Å². The second kappa shape index (κ2) is 10.0. The summed E-state index contributed by atoms with van der Waals surface area (Å²) in [5, 5.41) is 3.26. The highest BCUT2D eigenvalue weighted by molar-refractivity contribution is 7.89. The van der Waals surface area contributed by atoms with E-state index in [2.05, 4.69) is 36.0 Å². The Balaban J connectivity index is 1.51. The number of hydrogen-bond donors (Lipinski definition) is 1. The number of likely N-dealkylation sites (tertiary alicyclic amines) is 1. The largest absolute Gasteiger partial charge is 0.354 e. The van der Waals surface area contributed by atoms with Gasteiger partial charge in [-0.1, -0.05) is 20.8 Å². The van der Waals surface area contributed by atoms with Crippen molar-refractivity contribution in [1.29, 1.82) is 0 Å². The lowest BCUT2D eigenvalue weighted by molar-refractivity contribution is -0.126. The number of aryl methyl sites for hydroxylation is 2. The molecule has 3 rings (SSSR count). The molecule has 0 aromatic carbocycles. The van der Waals surface area contributed by atoms with Crippen LogP contribution < -0.4 is 5.32 Å². The van der Waals surface area contributed by atoms with Crippen LogP contribution in [0.5, 0.6) is 0 Å². The van der Waals surface area contributed by atoms with Crippen molar-refractivity contribution < 1.29 is 13.2 Å². The van der Waals surface area contributed by atoms with Crippen molar-refractivity contribution in [2.45, 2.75) is 64.4 Å². The van der Waals surface area contributed by atoms with E-state index in [1.807, 2.05) is 0 Å². The Morgan fingerprint density at radius 2 is 1.77 bits per heavy atom. The predicted octanol–water partition coefficient (Wildman–Crippen LogP) is 2.00. The van der Waals surface area contributed by atoms with Gasteiger partial charge in [0.1, 0.15) is 5.82 Å². The smallest absolute Gasteiger partial charge is 0.262 e. The fraction of sp³-hybridized carbons (Fsp3) is 0.818. The van der Waals surface area contributed by atoms with Gasteiger partial charge in [-0.3, -0.25) is 9.69 Å². The molecule has 1 amide bonds. The van der Waals surface area contributed by atoms with Gasteiger partial charge in [0.15, 0.2) is 5.03 Å². The molecule has 176 valence electrons. The van der Waals surface area contributed by atoms with E-state index < -0.39 is 10.0 Å². The van der Waals surface area contributed by atoms with Gasteiger partial charge in [0.05, 0.1) is 0 Å². The van der Waals surface area contributed by atoms with Crippen LogP contribution in [-0.4, -0.2) is 71.8 Å². The summed E-state index contributed by atoms with van der Waals surface area (Å²) < 4.78 is 28.9. The molecule has 2 fully saturated rings. The molecule has 2 aliphatic rings. The topological polar surface area (TPSA) is 87.5 Å². The van der Waals surface area contributed by atoms with Gasteiger partial charge in [0.2, 0.25) is 5.91 Å². The van der Waals surface area contributed by atoms with Crippen molar-refractivity contribution in [2.75, 3.05) is 32.7 Å². The predicted molar refractivity (Wildman–Crippen MR) is 121 cm³/mol. The molecule has 2 aliphatic heterocycles. The zero-order valence-corrected chi connectivity index (χ0v) is 20.5. The van der Waals surface area contributed by atoms with E-state index in [4.69, 9.17) is 0 Å². The highest BCUT2D eigenvalue weighted by atomic mass is 32.2. The minimum Gasteiger partial charge on any atom is -0.354 e. The van der Waals surface area contributed by atoms with Crippen molar-refractivity contribution in [3.8, 4) is 0 Å². The first-order valence-electron chi connectivity index (χ1n) is 11.6. The normalized spacial score (nSPS) is 21.5. The van der Waals surface area contributed by atoms with Crippen LogP contribution in [0, 0.1) is 24.7 Å². The maximum absolute atomic E-state index is 12.9. The molecule has 1 atom stereocenters. The first-order chi connectivity index (χ1) is 14.6. The van der Waals surface area contributed by atoms with Gasteiger partial charge in [-0.25, -0.2) is 13.4 Å². The van der Waals surface area contributed by atoms with Gasteiger partial charge in [-0.2, -0.15) is 4.31 Å². The van der Waals surface area contributed by atoms with Crippen LogP contribution in [0.25, 0.3) is 0 Å². The minimum absolute atomic E-state index is 0.0572. The molecule has 31 heavy (non-hydrogen) atoms. The van der Waals surface area contributed by atoms with Crippen LogP contribution in [0.15, 0.2) is 11.2 Å². The third-order valence-corrected chi connectivity index (χ3v) is 8.83. The summed E-state index contributed by atoms with van der Waals surface area (Å²) in [5.41, 5.74) is 0. The molecule has 8 nitrogen and oxygen atoms in total. The number of imidazole rings is 1.